The fourth-order valence-corrected chi connectivity index (χ4v) is 4.50. The fourth-order valence-electron chi connectivity index (χ4n) is 3.29. The summed E-state index contributed by atoms with van der Waals surface area (Å²) in [6, 6.07) is 0.489. The Hall–Kier alpha value is -0.770. The second-order valence-electron chi connectivity index (χ2n) is 5.84. The minimum Gasteiger partial charge on any atom is -0.361 e. The van der Waals surface area contributed by atoms with Crippen molar-refractivity contribution in [2.24, 2.45) is 16.8 Å². The van der Waals surface area contributed by atoms with Crippen molar-refractivity contribution in [2.45, 2.75) is 50.3 Å². The third-order valence-corrected chi connectivity index (χ3v) is 5.52. The standard InChI is InChI=1S/C14H20N2OS/c1-3-6-14(2)12(17)16-13(18-14)15-11-8-9-4-5-10(11)7-9/h4-5,9-11H,3,6-8H2,1-2H3,(H,15,16,17)/t9?,10?,11?,14-/m0/s1. The number of amides is 1. The third-order valence-electron chi connectivity index (χ3n) is 4.29. The Morgan fingerprint density at radius 3 is 2.94 bits per heavy atom. The number of fused-ring (bicyclic) bond motifs is 2. The Morgan fingerprint density at radius 1 is 1.50 bits per heavy atom. The van der Waals surface area contributed by atoms with Crippen molar-refractivity contribution in [3.8, 4) is 0 Å². The largest absolute Gasteiger partial charge is 0.361 e. The van der Waals surface area contributed by atoms with Gasteiger partial charge in [-0.2, -0.15) is 4.99 Å². The molecule has 1 heterocycles. The van der Waals surface area contributed by atoms with Gasteiger partial charge in [-0.3, -0.25) is 4.79 Å². The smallest absolute Gasteiger partial charge is 0.264 e. The van der Waals surface area contributed by atoms with Gasteiger partial charge in [-0.1, -0.05) is 37.3 Å². The molecule has 4 atom stereocenters. The highest BCUT2D eigenvalue weighted by Crippen LogP contribution is 2.41. The summed E-state index contributed by atoms with van der Waals surface area (Å²) in [6.45, 7) is 4.13. The van der Waals surface area contributed by atoms with Gasteiger partial charge in [0, 0.05) is 6.04 Å². The van der Waals surface area contributed by atoms with Crippen LogP contribution in [-0.4, -0.2) is 21.9 Å². The molecular formula is C14H20N2OS. The Labute approximate surface area is 113 Å². The van der Waals surface area contributed by atoms with Gasteiger partial charge in [-0.15, -0.1) is 0 Å². The van der Waals surface area contributed by atoms with E-state index in [-0.39, 0.29) is 10.7 Å². The van der Waals surface area contributed by atoms with Crippen LogP contribution in [0.2, 0.25) is 0 Å². The molecule has 2 bridgehead atoms. The summed E-state index contributed by atoms with van der Waals surface area (Å²) < 4.78 is -0.329. The van der Waals surface area contributed by atoms with E-state index in [0.29, 0.717) is 12.0 Å². The number of hydrogen-bond donors (Lipinski definition) is 1. The number of thioether (sulfide) groups is 1. The van der Waals surface area contributed by atoms with Gasteiger partial charge in [0.05, 0.1) is 0 Å². The number of carbonyl (C=O) groups excluding carboxylic acids is 1. The number of allylic oxidation sites excluding steroid dienone is 1. The summed E-state index contributed by atoms with van der Waals surface area (Å²) in [5.41, 5.74) is 0. The highest BCUT2D eigenvalue weighted by atomic mass is 32.2. The van der Waals surface area contributed by atoms with Gasteiger partial charge >= 0.3 is 0 Å². The molecular weight excluding hydrogens is 244 g/mol. The summed E-state index contributed by atoms with van der Waals surface area (Å²) in [6.07, 6.45) is 9.05. The lowest BCUT2D eigenvalue weighted by Gasteiger charge is -2.22. The van der Waals surface area contributed by atoms with E-state index in [1.165, 1.54) is 12.8 Å². The van der Waals surface area contributed by atoms with Crippen LogP contribution in [0.1, 0.15) is 39.5 Å². The molecule has 0 radical (unpaired) electrons. The van der Waals surface area contributed by atoms with E-state index >= 15 is 0 Å². The van der Waals surface area contributed by atoms with E-state index < -0.39 is 0 Å². The molecule has 1 amide bonds. The molecule has 18 heavy (non-hydrogen) atoms. The van der Waals surface area contributed by atoms with Gasteiger partial charge in [-0.25, -0.2) is 0 Å². The number of amidine groups is 1. The van der Waals surface area contributed by atoms with Crippen molar-refractivity contribution in [3.63, 3.8) is 0 Å². The maximum Gasteiger partial charge on any atom is 0.264 e. The third kappa shape index (κ3) is 2.00. The maximum absolute atomic E-state index is 12.0. The van der Waals surface area contributed by atoms with E-state index in [1.807, 2.05) is 6.92 Å². The molecule has 1 aliphatic heterocycles. The SMILES string of the molecule is CCC[C@]1(C)SC(NC2CC3C=CC2C3)=NC1=O. The number of rotatable bonds is 3. The minimum absolute atomic E-state index is 0.0375. The Balaban J connectivity index is 1.64. The topological polar surface area (TPSA) is 41.5 Å². The lowest BCUT2D eigenvalue weighted by molar-refractivity contribution is -0.119. The molecule has 0 aromatic rings. The lowest BCUT2D eigenvalue weighted by atomic mass is 10.0. The molecule has 3 unspecified atom stereocenters. The van der Waals surface area contributed by atoms with Gasteiger partial charge in [0.2, 0.25) is 0 Å². The number of nitrogens with one attached hydrogen (secondary N) is 1. The van der Waals surface area contributed by atoms with Gasteiger partial charge in [0.15, 0.2) is 5.17 Å². The first-order valence-electron chi connectivity index (χ1n) is 6.88. The average Bonchev–Trinajstić information content (AvgIpc) is 2.96. The van der Waals surface area contributed by atoms with Crippen molar-refractivity contribution >= 4 is 22.8 Å². The number of nitrogens with zero attached hydrogens (tertiary/aromatic N) is 1. The second kappa shape index (κ2) is 4.41. The monoisotopic (exact) mass is 264 g/mol. The Kier molecular flexibility index (Phi) is 3.00. The zero-order valence-electron chi connectivity index (χ0n) is 11.0. The van der Waals surface area contributed by atoms with Crippen LogP contribution in [-0.2, 0) is 4.79 Å². The van der Waals surface area contributed by atoms with Crippen molar-refractivity contribution in [1.82, 2.24) is 5.32 Å². The molecule has 4 heteroatoms. The fraction of sp³-hybridized carbons (Fsp3) is 0.714. The maximum atomic E-state index is 12.0. The zero-order valence-corrected chi connectivity index (χ0v) is 11.8. The summed E-state index contributed by atoms with van der Waals surface area (Å²) >= 11 is 1.63. The van der Waals surface area contributed by atoms with E-state index in [9.17, 15) is 4.79 Å². The molecule has 3 aliphatic rings. The molecule has 3 rings (SSSR count). The minimum atomic E-state index is -0.329. The molecule has 2 aliphatic carbocycles. The molecule has 0 aromatic heterocycles. The first kappa shape index (κ1) is 12.3. The molecule has 98 valence electrons. The van der Waals surface area contributed by atoms with Crippen LogP contribution in [0.4, 0.5) is 0 Å². The molecule has 1 saturated carbocycles. The Morgan fingerprint density at radius 2 is 2.33 bits per heavy atom. The normalized spacial score (nSPS) is 41.6. The van der Waals surface area contributed by atoms with Gasteiger partial charge < -0.3 is 5.32 Å². The van der Waals surface area contributed by atoms with Crippen LogP contribution in [0.15, 0.2) is 17.1 Å². The van der Waals surface area contributed by atoms with E-state index in [0.717, 1.165) is 23.9 Å². The van der Waals surface area contributed by atoms with Crippen LogP contribution in [0.25, 0.3) is 0 Å². The summed E-state index contributed by atoms with van der Waals surface area (Å²) in [7, 11) is 0. The summed E-state index contributed by atoms with van der Waals surface area (Å²) in [5, 5.41) is 4.34. The van der Waals surface area contributed by atoms with E-state index in [1.54, 1.807) is 11.8 Å². The van der Waals surface area contributed by atoms with Crippen LogP contribution < -0.4 is 5.32 Å². The predicted octanol–water partition coefficient (Wildman–Crippen LogP) is 2.73. The summed E-state index contributed by atoms with van der Waals surface area (Å²) in [5.74, 6) is 1.43. The molecule has 3 nitrogen and oxygen atoms in total. The molecule has 1 N–H and O–H groups in total. The van der Waals surface area contributed by atoms with Crippen LogP contribution in [0.3, 0.4) is 0 Å². The zero-order chi connectivity index (χ0) is 12.8. The lowest BCUT2D eigenvalue weighted by Crippen LogP contribution is -2.36. The Bertz CT molecular complexity index is 432. The molecule has 0 spiro atoms. The highest BCUT2D eigenvalue weighted by Gasteiger charge is 2.42. The first-order chi connectivity index (χ1) is 8.60. The average molecular weight is 264 g/mol. The van der Waals surface area contributed by atoms with Crippen molar-refractivity contribution in [3.05, 3.63) is 12.2 Å². The number of aliphatic imine (C=N–C) groups is 1. The summed E-state index contributed by atoms with van der Waals surface area (Å²) in [4.78, 5) is 16.2. The highest BCUT2D eigenvalue weighted by molar-refractivity contribution is 8.16. The van der Waals surface area contributed by atoms with Crippen molar-refractivity contribution < 1.29 is 4.79 Å². The van der Waals surface area contributed by atoms with Crippen molar-refractivity contribution in [2.75, 3.05) is 0 Å². The first-order valence-corrected chi connectivity index (χ1v) is 7.69. The number of hydrogen-bond acceptors (Lipinski definition) is 3. The van der Waals surface area contributed by atoms with E-state index in [2.05, 4.69) is 29.4 Å². The number of carbonyl (C=O) groups is 1. The molecule has 1 fully saturated rings. The molecule has 0 saturated heterocycles. The van der Waals surface area contributed by atoms with Gasteiger partial charge in [-0.05, 0) is 38.0 Å². The van der Waals surface area contributed by atoms with E-state index in [4.69, 9.17) is 0 Å². The predicted molar refractivity (Wildman–Crippen MR) is 75.6 cm³/mol. The quantitative estimate of drug-likeness (QED) is 0.797. The molecule has 0 aromatic carbocycles. The van der Waals surface area contributed by atoms with Gasteiger partial charge in [0.1, 0.15) is 4.75 Å². The van der Waals surface area contributed by atoms with Crippen molar-refractivity contribution in [1.29, 1.82) is 0 Å². The second-order valence-corrected chi connectivity index (χ2v) is 7.33. The van der Waals surface area contributed by atoms with Crippen LogP contribution >= 0.6 is 11.8 Å². The van der Waals surface area contributed by atoms with Gasteiger partial charge in [0.25, 0.3) is 5.91 Å². The van der Waals surface area contributed by atoms with Crippen LogP contribution in [0.5, 0.6) is 0 Å². The van der Waals surface area contributed by atoms with Crippen LogP contribution in [0, 0.1) is 11.8 Å².